The summed E-state index contributed by atoms with van der Waals surface area (Å²) in [5, 5.41) is 0.544. The van der Waals surface area contributed by atoms with Crippen LogP contribution in [0.5, 0.6) is 0 Å². The van der Waals surface area contributed by atoms with Crippen molar-refractivity contribution in [2.75, 3.05) is 0 Å². The molecule has 1 amide bonds. The number of hydrogen-bond acceptors (Lipinski definition) is 2. The van der Waals surface area contributed by atoms with Gasteiger partial charge in [-0.25, -0.2) is 0 Å². The first kappa shape index (κ1) is 10.7. The van der Waals surface area contributed by atoms with E-state index in [1.54, 1.807) is 6.92 Å². The van der Waals surface area contributed by atoms with Crippen molar-refractivity contribution in [1.82, 2.24) is 5.12 Å². The molecule has 5 heteroatoms. The third-order valence-corrected chi connectivity index (χ3v) is 1.91. The van der Waals surface area contributed by atoms with Gasteiger partial charge in [0.2, 0.25) is 5.91 Å². The van der Waals surface area contributed by atoms with E-state index in [-0.39, 0.29) is 18.4 Å². The summed E-state index contributed by atoms with van der Waals surface area (Å²) in [4.78, 5) is 10.5. The second-order valence-electron chi connectivity index (χ2n) is 2.69. The van der Waals surface area contributed by atoms with Gasteiger partial charge in [-0.05, 0) is 19.8 Å². The molecule has 1 heterocycles. The smallest absolute Gasteiger partial charge is 0.237 e. The average molecular weight is 183 g/mol. The maximum absolute atomic E-state index is 12.8. The SMILES string of the molecule is CC1CCC(C(N)=O)N1F.Cl. The van der Waals surface area contributed by atoms with Crippen LogP contribution in [-0.4, -0.2) is 23.1 Å². The molecule has 1 rings (SSSR count). The lowest BCUT2D eigenvalue weighted by Gasteiger charge is -2.14. The molecule has 0 aliphatic carbocycles. The summed E-state index contributed by atoms with van der Waals surface area (Å²) in [7, 11) is 0. The first-order chi connectivity index (χ1) is 4.63. The largest absolute Gasteiger partial charge is 0.368 e. The van der Waals surface area contributed by atoms with Crippen molar-refractivity contribution in [2.45, 2.75) is 31.8 Å². The zero-order chi connectivity index (χ0) is 7.72. The van der Waals surface area contributed by atoms with E-state index in [9.17, 15) is 9.28 Å². The summed E-state index contributed by atoms with van der Waals surface area (Å²) in [6.45, 7) is 1.74. The molecule has 0 saturated carbocycles. The molecule has 0 aromatic rings. The summed E-state index contributed by atoms with van der Waals surface area (Å²) in [5.41, 5.74) is 4.93. The molecule has 2 atom stereocenters. The Bertz CT molecular complexity index is 156. The third kappa shape index (κ3) is 2.04. The number of halogens is 2. The van der Waals surface area contributed by atoms with Crippen molar-refractivity contribution in [1.29, 1.82) is 0 Å². The van der Waals surface area contributed by atoms with Gasteiger partial charge in [-0.1, -0.05) is 0 Å². The fourth-order valence-corrected chi connectivity index (χ4v) is 1.22. The Kier molecular flexibility index (Phi) is 3.75. The second kappa shape index (κ2) is 3.88. The molecule has 1 saturated heterocycles. The van der Waals surface area contributed by atoms with Gasteiger partial charge in [0.05, 0.1) is 0 Å². The summed E-state index contributed by atoms with van der Waals surface area (Å²) in [6, 6.07) is -0.840. The van der Waals surface area contributed by atoms with E-state index < -0.39 is 11.9 Å². The zero-order valence-electron chi connectivity index (χ0n) is 6.29. The number of hydrogen-bond donors (Lipinski definition) is 1. The van der Waals surface area contributed by atoms with Crippen LogP contribution in [0, 0.1) is 0 Å². The third-order valence-electron chi connectivity index (χ3n) is 1.91. The minimum atomic E-state index is -0.685. The molecule has 0 aromatic carbocycles. The number of primary amides is 1. The Hall–Kier alpha value is -0.350. The van der Waals surface area contributed by atoms with Crippen molar-refractivity contribution in [3.63, 3.8) is 0 Å². The standard InChI is InChI=1S/C6H11FN2O.ClH/c1-4-2-3-5(6(8)10)9(4)7;/h4-5H,2-3H2,1H3,(H2,8,10);1H. The Labute approximate surface area is 71.1 Å². The van der Waals surface area contributed by atoms with Crippen LogP contribution < -0.4 is 5.73 Å². The minimum absolute atomic E-state index is 0. The summed E-state index contributed by atoms with van der Waals surface area (Å²) >= 11 is 0. The van der Waals surface area contributed by atoms with Crippen molar-refractivity contribution < 1.29 is 9.28 Å². The van der Waals surface area contributed by atoms with Crippen LogP contribution in [-0.2, 0) is 4.79 Å². The van der Waals surface area contributed by atoms with Gasteiger partial charge < -0.3 is 5.73 Å². The van der Waals surface area contributed by atoms with E-state index in [0.29, 0.717) is 18.0 Å². The van der Waals surface area contributed by atoms with Gasteiger partial charge in [0.25, 0.3) is 0 Å². The van der Waals surface area contributed by atoms with Gasteiger partial charge in [0, 0.05) is 6.04 Å². The predicted molar refractivity (Wildman–Crippen MR) is 41.9 cm³/mol. The first-order valence-corrected chi connectivity index (χ1v) is 3.36. The normalized spacial score (nSPS) is 31.5. The number of nitrogens with zero attached hydrogens (tertiary/aromatic N) is 1. The van der Waals surface area contributed by atoms with Crippen LogP contribution in [0.2, 0.25) is 0 Å². The van der Waals surface area contributed by atoms with Gasteiger partial charge in [0.1, 0.15) is 6.04 Å². The van der Waals surface area contributed by atoms with E-state index in [2.05, 4.69) is 0 Å². The van der Waals surface area contributed by atoms with Crippen LogP contribution in [0.1, 0.15) is 19.8 Å². The maximum Gasteiger partial charge on any atom is 0.237 e. The van der Waals surface area contributed by atoms with Gasteiger partial charge in [0.15, 0.2) is 0 Å². The van der Waals surface area contributed by atoms with Crippen LogP contribution >= 0.6 is 12.4 Å². The van der Waals surface area contributed by atoms with E-state index in [4.69, 9.17) is 5.73 Å². The van der Waals surface area contributed by atoms with Gasteiger partial charge in [-0.2, -0.15) is 0 Å². The van der Waals surface area contributed by atoms with Crippen molar-refractivity contribution >= 4 is 18.3 Å². The molecule has 0 bridgehead atoms. The maximum atomic E-state index is 12.8. The monoisotopic (exact) mass is 182 g/mol. The fourth-order valence-electron chi connectivity index (χ4n) is 1.22. The van der Waals surface area contributed by atoms with Crippen molar-refractivity contribution in [2.24, 2.45) is 5.73 Å². The molecule has 2 unspecified atom stereocenters. The van der Waals surface area contributed by atoms with Crippen molar-refractivity contribution in [3.8, 4) is 0 Å². The Morgan fingerprint density at radius 2 is 2.18 bits per heavy atom. The molecule has 66 valence electrons. The highest BCUT2D eigenvalue weighted by molar-refractivity contribution is 5.85. The minimum Gasteiger partial charge on any atom is -0.368 e. The molecule has 11 heavy (non-hydrogen) atoms. The topological polar surface area (TPSA) is 46.3 Å². The lowest BCUT2D eigenvalue weighted by atomic mass is 10.2. The van der Waals surface area contributed by atoms with E-state index in [0.717, 1.165) is 0 Å². The molecule has 0 aromatic heterocycles. The molecule has 0 spiro atoms. The predicted octanol–water partition coefficient (Wildman–Crippen LogP) is 0.631. The summed E-state index contributed by atoms with van der Waals surface area (Å²) in [6.07, 6.45) is 1.26. The van der Waals surface area contributed by atoms with Crippen molar-refractivity contribution in [3.05, 3.63) is 0 Å². The van der Waals surface area contributed by atoms with E-state index in [1.807, 2.05) is 0 Å². The molecule has 1 fully saturated rings. The molecule has 3 nitrogen and oxygen atoms in total. The lowest BCUT2D eigenvalue weighted by molar-refractivity contribution is -0.130. The fraction of sp³-hybridized carbons (Fsp3) is 0.833. The Morgan fingerprint density at radius 1 is 1.64 bits per heavy atom. The lowest BCUT2D eigenvalue weighted by Crippen LogP contribution is -2.37. The molecule has 1 aliphatic heterocycles. The van der Waals surface area contributed by atoms with E-state index in [1.165, 1.54) is 0 Å². The van der Waals surface area contributed by atoms with Crippen LogP contribution in [0.4, 0.5) is 4.48 Å². The number of carbonyl (C=O) groups is 1. The highest BCUT2D eigenvalue weighted by atomic mass is 35.5. The average Bonchev–Trinajstić information content (AvgIpc) is 2.14. The van der Waals surface area contributed by atoms with Gasteiger partial charge in [-0.15, -0.1) is 22.0 Å². The van der Waals surface area contributed by atoms with E-state index >= 15 is 0 Å². The quantitative estimate of drug-likeness (QED) is 0.605. The number of nitrogens with two attached hydrogens (primary N) is 1. The number of rotatable bonds is 1. The molecule has 0 radical (unpaired) electrons. The van der Waals surface area contributed by atoms with Crippen LogP contribution in [0.3, 0.4) is 0 Å². The van der Waals surface area contributed by atoms with Gasteiger partial charge >= 0.3 is 0 Å². The molecular weight excluding hydrogens is 171 g/mol. The van der Waals surface area contributed by atoms with Crippen LogP contribution in [0.15, 0.2) is 0 Å². The zero-order valence-corrected chi connectivity index (χ0v) is 7.10. The number of carbonyl (C=O) groups excluding carboxylic acids is 1. The van der Waals surface area contributed by atoms with Gasteiger partial charge in [-0.3, -0.25) is 4.79 Å². The highest BCUT2D eigenvalue weighted by Crippen LogP contribution is 2.23. The second-order valence-corrected chi connectivity index (χ2v) is 2.69. The molecular formula is C6H12ClFN2O. The first-order valence-electron chi connectivity index (χ1n) is 3.36. The summed E-state index contributed by atoms with van der Waals surface area (Å²) < 4.78 is 12.8. The molecule has 1 aliphatic rings. The van der Waals surface area contributed by atoms with Crippen LogP contribution in [0.25, 0.3) is 0 Å². The highest BCUT2D eigenvalue weighted by Gasteiger charge is 2.34. The summed E-state index contributed by atoms with van der Waals surface area (Å²) in [5.74, 6) is -0.563. The Morgan fingerprint density at radius 3 is 2.36 bits per heavy atom. The number of amides is 1. The Balaban J connectivity index is 0.000001000. The molecule has 2 N–H and O–H groups in total.